The summed E-state index contributed by atoms with van der Waals surface area (Å²) in [7, 11) is 0. The third kappa shape index (κ3) is 4.36. The van der Waals surface area contributed by atoms with Crippen LogP contribution in [0.4, 0.5) is 26.3 Å². The van der Waals surface area contributed by atoms with Gasteiger partial charge in [0.15, 0.2) is 0 Å². The minimum atomic E-state index is -4.99. The third-order valence-corrected chi connectivity index (χ3v) is 4.72. The van der Waals surface area contributed by atoms with Crippen molar-refractivity contribution in [1.29, 1.82) is 0 Å². The van der Waals surface area contributed by atoms with Crippen LogP contribution in [0.5, 0.6) is 0 Å². The summed E-state index contributed by atoms with van der Waals surface area (Å²) in [4.78, 5) is 16.2. The molecular formula is C19H16F6N2O2. The zero-order chi connectivity index (χ0) is 21.6. The molecule has 1 N–H and O–H groups in total. The van der Waals surface area contributed by atoms with Crippen molar-refractivity contribution in [3.63, 3.8) is 0 Å². The molecular weight excluding hydrogens is 402 g/mol. The first-order chi connectivity index (χ1) is 13.4. The molecule has 0 amide bonds. The molecule has 2 atom stereocenters. The van der Waals surface area contributed by atoms with Gasteiger partial charge < -0.3 is 10.0 Å². The van der Waals surface area contributed by atoms with Crippen molar-refractivity contribution in [3.05, 3.63) is 53.4 Å². The highest BCUT2D eigenvalue weighted by atomic mass is 19.4. The van der Waals surface area contributed by atoms with Gasteiger partial charge in [0.05, 0.1) is 23.1 Å². The van der Waals surface area contributed by atoms with E-state index in [-0.39, 0.29) is 29.8 Å². The molecule has 29 heavy (non-hydrogen) atoms. The number of rotatable bonds is 4. The van der Waals surface area contributed by atoms with E-state index in [1.54, 1.807) is 6.08 Å². The van der Waals surface area contributed by atoms with Crippen LogP contribution < -0.4 is 0 Å². The number of carbonyl (C=O) groups excluding carboxylic acids is 1. The molecule has 0 saturated heterocycles. The number of halogens is 6. The van der Waals surface area contributed by atoms with E-state index in [1.165, 1.54) is 24.1 Å². The predicted molar refractivity (Wildman–Crippen MR) is 91.6 cm³/mol. The van der Waals surface area contributed by atoms with E-state index in [1.807, 2.05) is 0 Å². The number of hydrogen-bond donors (Lipinski definition) is 1. The van der Waals surface area contributed by atoms with Gasteiger partial charge >= 0.3 is 12.4 Å². The lowest BCUT2D eigenvalue weighted by Gasteiger charge is -2.23. The molecule has 2 heterocycles. The van der Waals surface area contributed by atoms with Crippen molar-refractivity contribution in [3.8, 4) is 0 Å². The second-order valence-electron chi connectivity index (χ2n) is 6.82. The maximum Gasteiger partial charge on any atom is 0.433 e. The van der Waals surface area contributed by atoms with E-state index >= 15 is 0 Å². The fourth-order valence-corrected chi connectivity index (χ4v) is 3.24. The molecule has 4 nitrogen and oxygen atoms in total. The van der Waals surface area contributed by atoms with Crippen LogP contribution in [0.3, 0.4) is 0 Å². The molecule has 0 aliphatic carbocycles. The van der Waals surface area contributed by atoms with Gasteiger partial charge in [0, 0.05) is 18.5 Å². The third-order valence-electron chi connectivity index (χ3n) is 4.72. The summed E-state index contributed by atoms with van der Waals surface area (Å²) in [6.07, 6.45) is -8.30. The maximum absolute atomic E-state index is 13.3. The molecule has 156 valence electrons. The van der Waals surface area contributed by atoms with Gasteiger partial charge in [0.2, 0.25) is 0 Å². The summed E-state index contributed by atoms with van der Waals surface area (Å²) in [5, 5.41) is 10.3. The molecule has 0 fully saturated rings. The number of aliphatic hydroxyl groups excluding tert-OH is 1. The first-order valence-electron chi connectivity index (χ1n) is 8.57. The van der Waals surface area contributed by atoms with Crippen molar-refractivity contribution in [1.82, 2.24) is 9.88 Å². The second-order valence-corrected chi connectivity index (χ2v) is 6.82. The Bertz CT molecular complexity index is 968. The SMILES string of the molecule is CC(=O)C1C=CN(CC(O)c2cc(C(F)(F)F)nc3c(C(F)(F)F)cccc23)C1. The molecule has 0 saturated carbocycles. The number of Topliss-reactive ketones (excluding diaryl/α,β-unsaturated/α-hetero) is 1. The number of benzene rings is 1. The lowest BCUT2D eigenvalue weighted by molar-refractivity contribution is -0.142. The molecule has 2 aromatic rings. The number of β-amino-alcohol motifs (C(OH)–C–C–N with tert-alkyl or cyclic N) is 1. The predicted octanol–water partition coefficient (Wildman–Crippen LogP) is 4.34. The summed E-state index contributed by atoms with van der Waals surface area (Å²) in [6.45, 7) is 1.43. The maximum atomic E-state index is 13.3. The van der Waals surface area contributed by atoms with E-state index in [0.29, 0.717) is 12.1 Å². The molecule has 1 aliphatic rings. The van der Waals surface area contributed by atoms with Gasteiger partial charge in [-0.2, -0.15) is 26.3 Å². The average Bonchev–Trinajstić information content (AvgIpc) is 3.07. The second kappa shape index (κ2) is 7.33. The van der Waals surface area contributed by atoms with E-state index in [9.17, 15) is 36.2 Å². The van der Waals surface area contributed by atoms with Crippen molar-refractivity contribution in [2.24, 2.45) is 5.92 Å². The lowest BCUT2D eigenvalue weighted by Crippen LogP contribution is -2.26. The van der Waals surface area contributed by atoms with Crippen LogP contribution in [0.15, 0.2) is 36.5 Å². The van der Waals surface area contributed by atoms with Crippen LogP contribution in [0, 0.1) is 5.92 Å². The Morgan fingerprint density at radius 2 is 1.93 bits per heavy atom. The fourth-order valence-electron chi connectivity index (χ4n) is 3.24. The first kappa shape index (κ1) is 21.1. The number of carbonyl (C=O) groups is 1. The number of pyridine rings is 1. The molecule has 0 radical (unpaired) electrons. The highest BCUT2D eigenvalue weighted by Gasteiger charge is 2.38. The van der Waals surface area contributed by atoms with Crippen LogP contribution >= 0.6 is 0 Å². The molecule has 1 aromatic carbocycles. The van der Waals surface area contributed by atoms with Gasteiger partial charge in [-0.05, 0) is 30.8 Å². The highest BCUT2D eigenvalue weighted by Crippen LogP contribution is 2.39. The summed E-state index contributed by atoms with van der Waals surface area (Å²) in [5.41, 5.74) is -4.02. The number of aliphatic hydroxyl groups is 1. The summed E-state index contributed by atoms with van der Waals surface area (Å²) in [6, 6.07) is 3.45. The topological polar surface area (TPSA) is 53.4 Å². The quantitative estimate of drug-likeness (QED) is 0.751. The van der Waals surface area contributed by atoms with Crippen molar-refractivity contribution >= 4 is 16.7 Å². The van der Waals surface area contributed by atoms with E-state index < -0.39 is 41.1 Å². The number of hydrogen-bond acceptors (Lipinski definition) is 4. The summed E-state index contributed by atoms with van der Waals surface area (Å²) < 4.78 is 79.6. The van der Waals surface area contributed by atoms with Crippen LogP contribution in [0.1, 0.15) is 29.8 Å². The van der Waals surface area contributed by atoms with Gasteiger partial charge in [-0.25, -0.2) is 4.98 Å². The van der Waals surface area contributed by atoms with Crippen molar-refractivity contribution < 1.29 is 36.2 Å². The molecule has 1 aromatic heterocycles. The Balaban J connectivity index is 2.06. The Kier molecular flexibility index (Phi) is 5.33. The van der Waals surface area contributed by atoms with Gasteiger partial charge in [0.25, 0.3) is 0 Å². The molecule has 3 rings (SSSR count). The number of aromatic nitrogens is 1. The smallest absolute Gasteiger partial charge is 0.387 e. The van der Waals surface area contributed by atoms with E-state index in [4.69, 9.17) is 0 Å². The Morgan fingerprint density at radius 1 is 1.24 bits per heavy atom. The normalized spacial score (nSPS) is 18.5. The van der Waals surface area contributed by atoms with E-state index in [0.717, 1.165) is 6.07 Å². The lowest BCUT2D eigenvalue weighted by atomic mass is 9.99. The van der Waals surface area contributed by atoms with Gasteiger partial charge in [-0.3, -0.25) is 4.79 Å². The average molecular weight is 418 g/mol. The van der Waals surface area contributed by atoms with Gasteiger partial charge in [-0.15, -0.1) is 0 Å². The number of alkyl halides is 6. The van der Waals surface area contributed by atoms with Crippen LogP contribution in [0.25, 0.3) is 10.9 Å². The monoisotopic (exact) mass is 418 g/mol. The van der Waals surface area contributed by atoms with Crippen LogP contribution in [-0.4, -0.2) is 33.9 Å². The molecule has 10 heteroatoms. The molecule has 2 unspecified atom stereocenters. The van der Waals surface area contributed by atoms with Crippen LogP contribution in [0.2, 0.25) is 0 Å². The standard InChI is InChI=1S/C19H16F6N2O2/c1-10(28)11-5-6-27(8-11)9-15(29)13-7-16(19(23,24)25)26-17-12(13)3-2-4-14(17)18(20,21)22/h2-7,11,15,29H,8-9H2,1H3. The van der Waals surface area contributed by atoms with Gasteiger partial charge in [-0.1, -0.05) is 18.2 Å². The zero-order valence-electron chi connectivity index (χ0n) is 15.1. The molecule has 0 bridgehead atoms. The number of nitrogens with zero attached hydrogens (tertiary/aromatic N) is 2. The molecule has 1 aliphatic heterocycles. The minimum Gasteiger partial charge on any atom is -0.387 e. The summed E-state index contributed by atoms with van der Waals surface area (Å²) >= 11 is 0. The Hall–Kier alpha value is -2.62. The number of ketones is 1. The van der Waals surface area contributed by atoms with Crippen molar-refractivity contribution in [2.75, 3.05) is 13.1 Å². The van der Waals surface area contributed by atoms with Crippen LogP contribution in [-0.2, 0) is 17.1 Å². The minimum absolute atomic E-state index is 0.109. The number of para-hydroxylation sites is 1. The molecule has 0 spiro atoms. The Morgan fingerprint density at radius 3 is 2.48 bits per heavy atom. The van der Waals surface area contributed by atoms with E-state index in [2.05, 4.69) is 4.98 Å². The largest absolute Gasteiger partial charge is 0.433 e. The number of fused-ring (bicyclic) bond motifs is 1. The summed E-state index contributed by atoms with van der Waals surface area (Å²) in [5.74, 6) is -0.513. The first-order valence-corrected chi connectivity index (χ1v) is 8.57. The van der Waals surface area contributed by atoms with Gasteiger partial charge in [0.1, 0.15) is 11.5 Å². The Labute approximate surface area is 161 Å². The zero-order valence-corrected chi connectivity index (χ0v) is 15.1. The van der Waals surface area contributed by atoms with Crippen molar-refractivity contribution in [2.45, 2.75) is 25.4 Å². The fraction of sp³-hybridized carbons (Fsp3) is 0.368. The highest BCUT2D eigenvalue weighted by molar-refractivity contribution is 5.86.